The fraction of sp³-hybridized carbons (Fsp3) is 0.0800. The highest BCUT2D eigenvalue weighted by atomic mass is 19.1. The van der Waals surface area contributed by atoms with E-state index >= 15 is 0 Å². The summed E-state index contributed by atoms with van der Waals surface area (Å²) in [6.45, 7) is 0. The Bertz CT molecular complexity index is 1710. The molecule has 0 saturated heterocycles. The number of methoxy groups -OCH3 is 2. The average Bonchev–Trinajstić information content (AvgIpc) is 3.51. The van der Waals surface area contributed by atoms with Crippen molar-refractivity contribution in [3.05, 3.63) is 67.0 Å². The van der Waals surface area contributed by atoms with Crippen molar-refractivity contribution in [2.75, 3.05) is 14.2 Å². The van der Waals surface area contributed by atoms with Gasteiger partial charge in [-0.25, -0.2) is 14.4 Å². The highest BCUT2D eigenvalue weighted by Gasteiger charge is 2.17. The van der Waals surface area contributed by atoms with E-state index in [1.165, 1.54) is 19.2 Å². The average molecular weight is 467 g/mol. The van der Waals surface area contributed by atoms with E-state index in [9.17, 15) is 4.39 Å². The number of halogens is 1. The Morgan fingerprint density at radius 3 is 2.60 bits per heavy atom. The number of rotatable bonds is 5. The van der Waals surface area contributed by atoms with Gasteiger partial charge >= 0.3 is 0 Å². The van der Waals surface area contributed by atoms with Crippen molar-refractivity contribution in [2.45, 2.75) is 0 Å². The summed E-state index contributed by atoms with van der Waals surface area (Å²) in [6, 6.07) is 10.1. The molecule has 6 rings (SSSR count). The number of nitrogens with zero attached hydrogens (tertiary/aromatic N) is 5. The minimum Gasteiger partial charge on any atom is -0.497 e. The van der Waals surface area contributed by atoms with Gasteiger partial charge in [0.15, 0.2) is 11.5 Å². The van der Waals surface area contributed by atoms with Gasteiger partial charge in [0.25, 0.3) is 0 Å². The first kappa shape index (κ1) is 20.7. The monoisotopic (exact) mass is 467 g/mol. The minimum atomic E-state index is -0.398. The van der Waals surface area contributed by atoms with Crippen LogP contribution in [0.25, 0.3) is 56.0 Å². The Labute approximate surface area is 198 Å². The second kappa shape index (κ2) is 8.17. The third-order valence-electron chi connectivity index (χ3n) is 5.72. The Hall–Kier alpha value is -4.86. The Morgan fingerprint density at radius 1 is 0.886 bits per heavy atom. The largest absolute Gasteiger partial charge is 0.497 e. The Balaban J connectivity index is 1.48. The number of ether oxygens (including phenoxy) is 2. The molecule has 2 N–H and O–H groups in total. The molecule has 0 radical (unpaired) electrons. The molecule has 0 aliphatic carbocycles. The number of benzene rings is 1. The van der Waals surface area contributed by atoms with Crippen LogP contribution in [-0.4, -0.2) is 49.3 Å². The van der Waals surface area contributed by atoms with Crippen LogP contribution in [0, 0.1) is 5.82 Å². The van der Waals surface area contributed by atoms with Crippen molar-refractivity contribution in [1.29, 1.82) is 0 Å². The second-order valence-corrected chi connectivity index (χ2v) is 7.82. The lowest BCUT2D eigenvalue weighted by Crippen LogP contribution is -1.89. The zero-order chi connectivity index (χ0) is 23.9. The number of nitrogens with one attached hydrogen (secondary N) is 2. The molecular weight excluding hydrogens is 449 g/mol. The standard InChI is InChI=1S/C25H18FN7O2/c1-34-16-6-13(5-15(26)8-16)18-3-4-28-24-22(18)30-25(31-24)23-19-9-20(29-12-21(19)32-33-23)14-7-17(35-2)11-27-10-14/h3-12H,1-2H3,(H,32,33)(H,28,30,31). The lowest BCUT2D eigenvalue weighted by molar-refractivity contribution is 0.411. The molecule has 9 nitrogen and oxygen atoms in total. The smallest absolute Gasteiger partial charge is 0.160 e. The number of pyridine rings is 3. The van der Waals surface area contributed by atoms with Gasteiger partial charge in [-0.05, 0) is 35.9 Å². The van der Waals surface area contributed by atoms with E-state index in [0.29, 0.717) is 45.4 Å². The van der Waals surface area contributed by atoms with E-state index < -0.39 is 5.82 Å². The van der Waals surface area contributed by atoms with Gasteiger partial charge in [0, 0.05) is 35.0 Å². The quantitative estimate of drug-likeness (QED) is 0.375. The van der Waals surface area contributed by atoms with Crippen LogP contribution in [-0.2, 0) is 0 Å². The molecule has 10 heteroatoms. The van der Waals surface area contributed by atoms with Crippen LogP contribution in [0.15, 0.2) is 61.2 Å². The molecule has 0 unspecified atom stereocenters. The fourth-order valence-corrected chi connectivity index (χ4v) is 4.02. The summed E-state index contributed by atoms with van der Waals surface area (Å²) < 4.78 is 24.7. The van der Waals surface area contributed by atoms with E-state index in [1.807, 2.05) is 12.1 Å². The van der Waals surface area contributed by atoms with E-state index in [1.54, 1.807) is 44.0 Å². The summed E-state index contributed by atoms with van der Waals surface area (Å²) in [4.78, 5) is 21.2. The van der Waals surface area contributed by atoms with Gasteiger partial charge in [-0.15, -0.1) is 0 Å². The molecule has 35 heavy (non-hydrogen) atoms. The molecule has 6 aromatic rings. The van der Waals surface area contributed by atoms with Crippen LogP contribution in [0.2, 0.25) is 0 Å². The first-order valence-corrected chi connectivity index (χ1v) is 10.7. The normalized spacial score (nSPS) is 11.3. The number of aromatic nitrogens is 7. The summed E-state index contributed by atoms with van der Waals surface area (Å²) in [5.74, 6) is 1.19. The van der Waals surface area contributed by atoms with Crippen LogP contribution in [0.5, 0.6) is 11.5 Å². The first-order chi connectivity index (χ1) is 17.1. The van der Waals surface area contributed by atoms with Crippen molar-refractivity contribution >= 4 is 22.1 Å². The molecule has 0 bridgehead atoms. The molecule has 1 aromatic carbocycles. The van der Waals surface area contributed by atoms with Gasteiger partial charge in [-0.1, -0.05) is 0 Å². The molecule has 0 amide bonds. The zero-order valence-electron chi connectivity index (χ0n) is 18.7. The first-order valence-electron chi connectivity index (χ1n) is 10.7. The van der Waals surface area contributed by atoms with Crippen molar-refractivity contribution in [3.63, 3.8) is 0 Å². The molecule has 0 aliphatic rings. The van der Waals surface area contributed by atoms with Crippen LogP contribution >= 0.6 is 0 Å². The topological polar surface area (TPSA) is 114 Å². The zero-order valence-corrected chi connectivity index (χ0v) is 18.7. The minimum absolute atomic E-state index is 0.398. The number of hydrogen-bond donors (Lipinski definition) is 2. The maximum atomic E-state index is 14.2. The lowest BCUT2D eigenvalue weighted by Gasteiger charge is -2.06. The Morgan fingerprint density at radius 2 is 1.74 bits per heavy atom. The fourth-order valence-electron chi connectivity index (χ4n) is 4.02. The van der Waals surface area contributed by atoms with Gasteiger partial charge in [0.1, 0.15) is 28.5 Å². The number of fused-ring (bicyclic) bond motifs is 2. The van der Waals surface area contributed by atoms with Crippen molar-refractivity contribution in [3.8, 4) is 45.4 Å². The SMILES string of the molecule is COc1cncc(-c2cc3c(-c4nc5c(-c6cc(F)cc(OC)c6)ccnc5[nH]4)n[nH]c3cn2)c1. The van der Waals surface area contributed by atoms with Gasteiger partial charge in [-0.3, -0.25) is 15.1 Å². The number of H-pyrrole nitrogens is 2. The molecule has 0 spiro atoms. The summed E-state index contributed by atoms with van der Waals surface area (Å²) >= 11 is 0. The summed E-state index contributed by atoms with van der Waals surface area (Å²) in [7, 11) is 3.09. The summed E-state index contributed by atoms with van der Waals surface area (Å²) in [5.41, 5.74) is 5.40. The molecule has 0 fully saturated rings. The van der Waals surface area contributed by atoms with Gasteiger partial charge < -0.3 is 14.5 Å². The number of imidazole rings is 1. The second-order valence-electron chi connectivity index (χ2n) is 7.82. The van der Waals surface area contributed by atoms with Crippen molar-refractivity contribution in [1.82, 2.24) is 35.1 Å². The third kappa shape index (κ3) is 3.61. The van der Waals surface area contributed by atoms with Crippen molar-refractivity contribution in [2.24, 2.45) is 0 Å². The van der Waals surface area contributed by atoms with E-state index in [0.717, 1.165) is 22.0 Å². The van der Waals surface area contributed by atoms with E-state index in [-0.39, 0.29) is 0 Å². The lowest BCUT2D eigenvalue weighted by atomic mass is 10.1. The van der Waals surface area contributed by atoms with Crippen LogP contribution in [0.1, 0.15) is 0 Å². The van der Waals surface area contributed by atoms with Crippen LogP contribution in [0.3, 0.4) is 0 Å². The molecule has 5 heterocycles. The van der Waals surface area contributed by atoms with Gasteiger partial charge in [0.05, 0.1) is 37.8 Å². The highest BCUT2D eigenvalue weighted by molar-refractivity contribution is 5.96. The maximum Gasteiger partial charge on any atom is 0.160 e. The molecule has 5 aromatic heterocycles. The molecule has 0 atom stereocenters. The third-order valence-corrected chi connectivity index (χ3v) is 5.72. The Kier molecular flexibility index (Phi) is 4.84. The van der Waals surface area contributed by atoms with Crippen LogP contribution in [0.4, 0.5) is 4.39 Å². The van der Waals surface area contributed by atoms with Crippen LogP contribution < -0.4 is 9.47 Å². The molecule has 172 valence electrons. The summed E-state index contributed by atoms with van der Waals surface area (Å²) in [6.07, 6.45) is 6.73. The number of aromatic amines is 2. The van der Waals surface area contributed by atoms with Gasteiger partial charge in [-0.2, -0.15) is 5.10 Å². The predicted molar refractivity (Wildman–Crippen MR) is 129 cm³/mol. The molecule has 0 saturated carbocycles. The number of hydrogen-bond acceptors (Lipinski definition) is 7. The maximum absolute atomic E-state index is 14.2. The van der Waals surface area contributed by atoms with Crippen molar-refractivity contribution < 1.29 is 13.9 Å². The predicted octanol–water partition coefficient (Wildman–Crippen LogP) is 4.78. The van der Waals surface area contributed by atoms with Gasteiger partial charge in [0.2, 0.25) is 0 Å². The highest BCUT2D eigenvalue weighted by Crippen LogP contribution is 2.33. The molecule has 0 aliphatic heterocycles. The van der Waals surface area contributed by atoms with E-state index in [2.05, 4.69) is 30.1 Å². The van der Waals surface area contributed by atoms with E-state index in [4.69, 9.17) is 14.5 Å². The summed E-state index contributed by atoms with van der Waals surface area (Å²) in [5, 5.41) is 8.29. The molecular formula is C25H18FN7O2.